The van der Waals surface area contributed by atoms with Gasteiger partial charge in [-0.25, -0.2) is 4.98 Å². The molecule has 1 aliphatic carbocycles. The van der Waals surface area contributed by atoms with Crippen molar-refractivity contribution in [3.63, 3.8) is 0 Å². The number of nitrogens with two attached hydrogens (primary N) is 1. The zero-order chi connectivity index (χ0) is 14.4. The van der Waals surface area contributed by atoms with Crippen molar-refractivity contribution in [2.45, 2.75) is 50.2 Å². The average molecular weight is 285 g/mol. The van der Waals surface area contributed by atoms with Crippen LogP contribution in [0.5, 0.6) is 0 Å². The maximum Gasteiger partial charge on any atom is 0.250 e. The lowest BCUT2D eigenvalue weighted by molar-refractivity contribution is -0.173. The van der Waals surface area contributed by atoms with Gasteiger partial charge in [-0.1, -0.05) is 6.07 Å². The summed E-state index contributed by atoms with van der Waals surface area (Å²) in [5.41, 5.74) is 7.47. The van der Waals surface area contributed by atoms with Crippen molar-refractivity contribution in [3.05, 3.63) is 29.6 Å². The zero-order valence-electron chi connectivity index (χ0n) is 11.9. The summed E-state index contributed by atoms with van der Waals surface area (Å²) in [4.78, 5) is 19.4. The molecule has 1 spiro atoms. The van der Waals surface area contributed by atoms with Crippen LogP contribution in [0.4, 0.5) is 0 Å². The summed E-state index contributed by atoms with van der Waals surface area (Å²) in [5, 5.41) is 0. The molecule has 2 heterocycles. The third-order valence-electron chi connectivity index (χ3n) is 4.86. The molecule has 0 radical (unpaired) electrons. The van der Waals surface area contributed by atoms with Gasteiger partial charge in [0.25, 0.3) is 5.91 Å². The zero-order valence-corrected chi connectivity index (χ0v) is 11.9. The number of hydrogen-bond donors (Lipinski definition) is 2. The van der Waals surface area contributed by atoms with Gasteiger partial charge in [-0.3, -0.25) is 4.79 Å². The van der Waals surface area contributed by atoms with Crippen molar-refractivity contribution < 1.29 is 9.53 Å². The molecule has 1 unspecified atom stereocenters. The number of nitrogens with zero attached hydrogens (tertiary/aromatic N) is 1. The number of aromatic nitrogens is 2. The summed E-state index contributed by atoms with van der Waals surface area (Å²) in [6, 6.07) is 5.45. The highest BCUT2D eigenvalue weighted by Gasteiger charge is 2.43. The van der Waals surface area contributed by atoms with E-state index >= 15 is 0 Å². The molecule has 1 saturated heterocycles. The summed E-state index contributed by atoms with van der Waals surface area (Å²) < 4.78 is 6.32. The van der Waals surface area contributed by atoms with Crippen LogP contribution < -0.4 is 5.73 Å². The summed E-state index contributed by atoms with van der Waals surface area (Å²) in [7, 11) is 0. The molecule has 1 aliphatic heterocycles. The number of fused-ring (bicyclic) bond motifs is 1. The van der Waals surface area contributed by atoms with Gasteiger partial charge in [0.15, 0.2) is 0 Å². The second-order valence-corrected chi connectivity index (χ2v) is 6.22. The van der Waals surface area contributed by atoms with E-state index in [-0.39, 0.29) is 11.7 Å². The Hall–Kier alpha value is -1.88. The quantitative estimate of drug-likeness (QED) is 0.890. The number of H-pyrrole nitrogens is 1. The number of carbonyl (C=O) groups excluding carboxylic acids is 1. The van der Waals surface area contributed by atoms with Gasteiger partial charge in [0.1, 0.15) is 17.4 Å². The lowest BCUT2D eigenvalue weighted by Gasteiger charge is -2.47. The highest BCUT2D eigenvalue weighted by Crippen LogP contribution is 2.47. The van der Waals surface area contributed by atoms with Crippen LogP contribution in [0.3, 0.4) is 0 Å². The molecule has 3 N–H and O–H groups in total. The fourth-order valence-electron chi connectivity index (χ4n) is 3.56. The van der Waals surface area contributed by atoms with Crippen LogP contribution in [0, 0.1) is 0 Å². The molecule has 4 rings (SSSR count). The number of ether oxygens (including phenoxy) is 1. The molecule has 2 fully saturated rings. The van der Waals surface area contributed by atoms with Gasteiger partial charge >= 0.3 is 0 Å². The molecule has 0 bridgehead atoms. The van der Waals surface area contributed by atoms with Crippen LogP contribution >= 0.6 is 0 Å². The molecule has 1 saturated carbocycles. The van der Waals surface area contributed by atoms with Gasteiger partial charge in [0.05, 0.1) is 16.7 Å². The van der Waals surface area contributed by atoms with Crippen LogP contribution in [0.25, 0.3) is 11.0 Å². The summed E-state index contributed by atoms with van der Waals surface area (Å²) in [6.45, 7) is 0. The van der Waals surface area contributed by atoms with E-state index in [4.69, 9.17) is 10.5 Å². The number of para-hydroxylation sites is 1. The van der Waals surface area contributed by atoms with E-state index in [1.54, 1.807) is 6.07 Å². The van der Waals surface area contributed by atoms with Crippen LogP contribution in [0.1, 0.15) is 60.8 Å². The normalized spacial score (nSPS) is 24.1. The van der Waals surface area contributed by atoms with E-state index in [1.807, 2.05) is 12.1 Å². The Kier molecular flexibility index (Phi) is 2.79. The van der Waals surface area contributed by atoms with Gasteiger partial charge in [0.2, 0.25) is 0 Å². The molecule has 5 nitrogen and oxygen atoms in total. The predicted molar refractivity (Wildman–Crippen MR) is 78.9 cm³/mol. The Bertz CT molecular complexity index is 703. The molecule has 21 heavy (non-hydrogen) atoms. The van der Waals surface area contributed by atoms with Crippen molar-refractivity contribution in [3.8, 4) is 0 Å². The Morgan fingerprint density at radius 1 is 1.33 bits per heavy atom. The molecule has 1 atom stereocenters. The van der Waals surface area contributed by atoms with E-state index in [0.717, 1.165) is 37.0 Å². The van der Waals surface area contributed by atoms with Crippen molar-refractivity contribution in [1.82, 2.24) is 9.97 Å². The van der Waals surface area contributed by atoms with Crippen LogP contribution in [0.2, 0.25) is 0 Å². The molecule has 1 aromatic carbocycles. The van der Waals surface area contributed by atoms with Crippen molar-refractivity contribution >= 4 is 16.9 Å². The Morgan fingerprint density at radius 3 is 2.86 bits per heavy atom. The Labute approximate surface area is 122 Å². The van der Waals surface area contributed by atoms with Gasteiger partial charge in [0, 0.05) is 0 Å². The monoisotopic (exact) mass is 285 g/mol. The number of imidazole rings is 1. The molecule has 2 aromatic rings. The molecule has 1 aromatic heterocycles. The highest BCUT2D eigenvalue weighted by molar-refractivity contribution is 6.04. The van der Waals surface area contributed by atoms with E-state index in [2.05, 4.69) is 9.97 Å². The van der Waals surface area contributed by atoms with E-state index in [1.165, 1.54) is 12.8 Å². The first-order valence-electron chi connectivity index (χ1n) is 7.63. The van der Waals surface area contributed by atoms with Gasteiger partial charge in [-0.05, 0) is 50.7 Å². The van der Waals surface area contributed by atoms with Crippen molar-refractivity contribution in [2.75, 3.05) is 0 Å². The molecular weight excluding hydrogens is 266 g/mol. The standard InChI is InChI=1S/C16H19N3O2/c17-14(20)10-4-1-5-11-13(10)19-15(18-11)12-6-2-7-16(21-12)8-3-9-16/h1,4-5,12H,2-3,6-9H2,(H2,17,20)(H,18,19). The first-order chi connectivity index (χ1) is 10.2. The van der Waals surface area contributed by atoms with Crippen molar-refractivity contribution in [1.29, 1.82) is 0 Å². The number of carbonyl (C=O) groups is 1. The van der Waals surface area contributed by atoms with Crippen LogP contribution in [0.15, 0.2) is 18.2 Å². The SMILES string of the molecule is NC(=O)c1cccc2[nH]c(C3CCCC4(CCC4)O3)nc12. The van der Waals surface area contributed by atoms with Crippen molar-refractivity contribution in [2.24, 2.45) is 5.73 Å². The van der Waals surface area contributed by atoms with Crippen LogP contribution in [-0.2, 0) is 4.74 Å². The minimum absolute atomic E-state index is 0.00664. The number of nitrogens with one attached hydrogen (secondary N) is 1. The minimum Gasteiger partial charge on any atom is -0.366 e. The Balaban J connectivity index is 1.70. The van der Waals surface area contributed by atoms with E-state index in [9.17, 15) is 4.79 Å². The van der Waals surface area contributed by atoms with Crippen LogP contribution in [-0.4, -0.2) is 21.5 Å². The third kappa shape index (κ3) is 2.03. The third-order valence-corrected chi connectivity index (χ3v) is 4.86. The lowest BCUT2D eigenvalue weighted by Crippen LogP contribution is -2.43. The summed E-state index contributed by atoms with van der Waals surface area (Å²) in [5.74, 6) is 0.378. The minimum atomic E-state index is -0.446. The smallest absolute Gasteiger partial charge is 0.250 e. The summed E-state index contributed by atoms with van der Waals surface area (Å²) >= 11 is 0. The predicted octanol–water partition coefficient (Wildman–Crippen LogP) is 2.83. The molecule has 110 valence electrons. The number of aromatic amines is 1. The van der Waals surface area contributed by atoms with Gasteiger partial charge in [-0.2, -0.15) is 0 Å². The number of rotatable bonds is 2. The Morgan fingerprint density at radius 2 is 2.14 bits per heavy atom. The number of hydrogen-bond acceptors (Lipinski definition) is 3. The second kappa shape index (κ2) is 4.56. The first-order valence-corrected chi connectivity index (χ1v) is 7.63. The molecule has 1 amide bonds. The second-order valence-electron chi connectivity index (χ2n) is 6.22. The molecular formula is C16H19N3O2. The first kappa shape index (κ1) is 12.8. The number of benzene rings is 1. The van der Waals surface area contributed by atoms with E-state index in [0.29, 0.717) is 11.1 Å². The molecule has 2 aliphatic rings. The highest BCUT2D eigenvalue weighted by atomic mass is 16.5. The molecule has 5 heteroatoms. The van der Waals surface area contributed by atoms with Gasteiger partial charge < -0.3 is 15.5 Å². The lowest BCUT2D eigenvalue weighted by atomic mass is 9.74. The fraction of sp³-hybridized carbons (Fsp3) is 0.500. The summed E-state index contributed by atoms with van der Waals surface area (Å²) in [6.07, 6.45) is 6.91. The number of amides is 1. The largest absolute Gasteiger partial charge is 0.366 e. The average Bonchev–Trinajstić information content (AvgIpc) is 2.89. The maximum atomic E-state index is 11.5. The topological polar surface area (TPSA) is 81.0 Å². The fourth-order valence-corrected chi connectivity index (χ4v) is 3.56. The maximum absolute atomic E-state index is 11.5. The number of primary amides is 1. The van der Waals surface area contributed by atoms with E-state index < -0.39 is 5.91 Å². The van der Waals surface area contributed by atoms with Gasteiger partial charge in [-0.15, -0.1) is 0 Å².